The molecule has 3 N–H and O–H groups in total. The molecule has 1 fully saturated rings. The molecule has 0 aliphatic carbocycles. The zero-order valence-corrected chi connectivity index (χ0v) is 13.6. The van der Waals surface area contributed by atoms with Crippen LogP contribution in [0.1, 0.15) is 12.6 Å². The largest absolute Gasteiger partial charge is 0.442 e. The van der Waals surface area contributed by atoms with Crippen LogP contribution in [0, 0.1) is 5.82 Å². The monoisotopic (exact) mass is 347 g/mol. The molecule has 1 aromatic heterocycles. The molecule has 132 valence electrons. The van der Waals surface area contributed by atoms with Crippen LogP contribution < -0.4 is 16.0 Å². The molecule has 1 saturated heterocycles. The highest BCUT2D eigenvalue weighted by atomic mass is 19.1. The lowest BCUT2D eigenvalue weighted by molar-refractivity contribution is -0.119. The Morgan fingerprint density at radius 1 is 1.52 bits per heavy atom. The Bertz CT molecular complexity index is 807. The quantitative estimate of drug-likeness (QED) is 0.838. The minimum absolute atomic E-state index is 0.187. The average molecular weight is 347 g/mol. The van der Waals surface area contributed by atoms with E-state index in [0.717, 1.165) is 0 Å². The van der Waals surface area contributed by atoms with E-state index in [-0.39, 0.29) is 31.2 Å². The van der Waals surface area contributed by atoms with E-state index in [1.807, 2.05) is 0 Å². The molecule has 1 aliphatic rings. The molecule has 9 heteroatoms. The normalized spacial score (nSPS) is 16.8. The molecule has 0 unspecified atom stereocenters. The maximum Gasteiger partial charge on any atom is 0.414 e. The number of halogens is 1. The van der Waals surface area contributed by atoms with Gasteiger partial charge in [0.1, 0.15) is 17.6 Å². The Morgan fingerprint density at radius 2 is 2.32 bits per heavy atom. The average Bonchev–Trinajstić information content (AvgIpc) is 3.19. The number of rotatable bonds is 5. The van der Waals surface area contributed by atoms with Gasteiger partial charge in [0.25, 0.3) is 0 Å². The maximum atomic E-state index is 14.5. The van der Waals surface area contributed by atoms with Crippen LogP contribution in [0.3, 0.4) is 0 Å². The lowest BCUT2D eigenvalue weighted by Gasteiger charge is -2.18. The molecule has 0 saturated carbocycles. The number of carbonyl (C=O) groups excluding carboxylic acids is 2. The molecule has 2 heterocycles. The second-order valence-electron chi connectivity index (χ2n) is 5.64. The van der Waals surface area contributed by atoms with Gasteiger partial charge >= 0.3 is 6.09 Å². The minimum atomic E-state index is -0.596. The number of nitrogens with two attached hydrogens (primary N) is 1. The van der Waals surface area contributed by atoms with E-state index < -0.39 is 18.0 Å². The Morgan fingerprint density at radius 3 is 3.00 bits per heavy atom. The summed E-state index contributed by atoms with van der Waals surface area (Å²) in [6.07, 6.45) is 1.95. The number of benzene rings is 1. The molecule has 0 radical (unpaired) electrons. The van der Waals surface area contributed by atoms with Crippen LogP contribution in [0.15, 0.2) is 30.7 Å². The molecule has 0 bridgehead atoms. The lowest BCUT2D eigenvalue weighted by atomic mass is 10.2. The van der Waals surface area contributed by atoms with Gasteiger partial charge < -0.3 is 20.4 Å². The van der Waals surface area contributed by atoms with Crippen LogP contribution in [-0.4, -0.2) is 40.7 Å². The highest BCUT2D eigenvalue weighted by Gasteiger charge is 2.34. The van der Waals surface area contributed by atoms with Gasteiger partial charge in [0.2, 0.25) is 5.91 Å². The summed E-state index contributed by atoms with van der Waals surface area (Å²) in [5.41, 5.74) is 6.69. The molecule has 2 amide bonds. The van der Waals surface area contributed by atoms with E-state index in [9.17, 15) is 14.0 Å². The maximum absolute atomic E-state index is 14.5. The van der Waals surface area contributed by atoms with Gasteiger partial charge in [-0.05, 0) is 12.1 Å². The van der Waals surface area contributed by atoms with Gasteiger partial charge in [-0.2, -0.15) is 0 Å². The van der Waals surface area contributed by atoms with Crippen molar-refractivity contribution in [3.8, 4) is 5.69 Å². The number of carbonyl (C=O) groups is 2. The van der Waals surface area contributed by atoms with Gasteiger partial charge in [-0.25, -0.2) is 14.2 Å². The number of aromatic nitrogens is 2. The summed E-state index contributed by atoms with van der Waals surface area (Å²) in [6.45, 7) is 2.01. The predicted molar refractivity (Wildman–Crippen MR) is 87.7 cm³/mol. The summed E-state index contributed by atoms with van der Waals surface area (Å²) in [6, 6.07) is 4.45. The lowest BCUT2D eigenvalue weighted by Crippen LogP contribution is -2.33. The van der Waals surface area contributed by atoms with Crippen LogP contribution in [0.2, 0.25) is 0 Å². The van der Waals surface area contributed by atoms with Crippen molar-refractivity contribution in [2.75, 3.05) is 18.0 Å². The molecular weight excluding hydrogens is 329 g/mol. The van der Waals surface area contributed by atoms with Crippen molar-refractivity contribution in [2.24, 2.45) is 5.73 Å². The molecule has 25 heavy (non-hydrogen) atoms. The third-order valence-electron chi connectivity index (χ3n) is 3.81. The van der Waals surface area contributed by atoms with Gasteiger partial charge in [0.05, 0.1) is 30.8 Å². The van der Waals surface area contributed by atoms with Gasteiger partial charge in [-0.3, -0.25) is 9.69 Å². The van der Waals surface area contributed by atoms with Crippen LogP contribution in [-0.2, 0) is 16.1 Å². The topological polar surface area (TPSA) is 102 Å². The number of ether oxygens (including phenoxy) is 1. The van der Waals surface area contributed by atoms with Gasteiger partial charge in [0, 0.05) is 19.7 Å². The number of nitrogens with zero attached hydrogens (tertiary/aromatic N) is 3. The SMILES string of the molecule is CC(=O)NC[C@H]1CN(c2cccc(F)c2-n2cnc(CN)c2)C(=O)O1. The summed E-state index contributed by atoms with van der Waals surface area (Å²) >= 11 is 0. The Kier molecular flexibility index (Phi) is 4.66. The second-order valence-corrected chi connectivity index (χ2v) is 5.64. The van der Waals surface area contributed by atoms with E-state index in [4.69, 9.17) is 10.5 Å². The Balaban J connectivity index is 1.91. The zero-order valence-electron chi connectivity index (χ0n) is 13.6. The summed E-state index contributed by atoms with van der Waals surface area (Å²) in [5, 5.41) is 2.60. The fourth-order valence-corrected chi connectivity index (χ4v) is 2.65. The van der Waals surface area contributed by atoms with Crippen molar-refractivity contribution in [2.45, 2.75) is 19.6 Å². The first kappa shape index (κ1) is 16.9. The number of nitrogens with one attached hydrogen (secondary N) is 1. The predicted octanol–water partition coefficient (Wildman–Crippen LogP) is 0.931. The number of para-hydroxylation sites is 1. The summed E-state index contributed by atoms with van der Waals surface area (Å²) in [7, 11) is 0. The molecule has 2 aromatic rings. The van der Waals surface area contributed by atoms with Crippen molar-refractivity contribution in [3.05, 3.63) is 42.2 Å². The van der Waals surface area contributed by atoms with Crippen molar-refractivity contribution in [1.82, 2.24) is 14.9 Å². The third-order valence-corrected chi connectivity index (χ3v) is 3.81. The first-order chi connectivity index (χ1) is 12.0. The summed E-state index contributed by atoms with van der Waals surface area (Å²) in [4.78, 5) is 28.7. The van der Waals surface area contributed by atoms with E-state index in [1.165, 1.54) is 34.9 Å². The molecule has 3 rings (SSSR count). The van der Waals surface area contributed by atoms with Crippen molar-refractivity contribution in [1.29, 1.82) is 0 Å². The van der Waals surface area contributed by atoms with E-state index >= 15 is 0 Å². The smallest absolute Gasteiger partial charge is 0.414 e. The third kappa shape index (κ3) is 3.45. The fourth-order valence-electron chi connectivity index (χ4n) is 2.65. The molecule has 1 atom stereocenters. The van der Waals surface area contributed by atoms with Crippen molar-refractivity contribution < 1.29 is 18.7 Å². The molecule has 8 nitrogen and oxygen atoms in total. The summed E-state index contributed by atoms with van der Waals surface area (Å²) in [5.74, 6) is -0.717. The van der Waals surface area contributed by atoms with Crippen LogP contribution >= 0.6 is 0 Å². The minimum Gasteiger partial charge on any atom is -0.442 e. The standard InChI is InChI=1S/C16H18FN5O3/c1-10(23)19-6-12-8-22(16(24)25-12)14-4-2-3-13(17)15(14)21-7-11(5-18)20-9-21/h2-4,7,9,12H,5-6,8,18H2,1H3,(H,19,23)/t12-/m0/s1. The van der Waals surface area contributed by atoms with Crippen LogP contribution in [0.5, 0.6) is 0 Å². The number of hydrogen-bond acceptors (Lipinski definition) is 5. The highest BCUT2D eigenvalue weighted by molar-refractivity contribution is 5.92. The molecule has 1 aromatic carbocycles. The van der Waals surface area contributed by atoms with Crippen LogP contribution in [0.4, 0.5) is 14.9 Å². The van der Waals surface area contributed by atoms with Crippen molar-refractivity contribution in [3.63, 3.8) is 0 Å². The molecular formula is C16H18FN5O3. The van der Waals surface area contributed by atoms with Crippen molar-refractivity contribution >= 4 is 17.7 Å². The van der Waals surface area contributed by atoms with E-state index in [0.29, 0.717) is 11.4 Å². The molecule has 1 aliphatic heterocycles. The first-order valence-corrected chi connectivity index (χ1v) is 7.74. The number of imidazole rings is 1. The Labute approximate surface area is 143 Å². The van der Waals surface area contributed by atoms with Gasteiger partial charge in [0.15, 0.2) is 0 Å². The molecule has 0 spiro atoms. The first-order valence-electron chi connectivity index (χ1n) is 7.74. The zero-order chi connectivity index (χ0) is 18.0. The Hall–Kier alpha value is -2.94. The number of anilines is 1. The van der Waals surface area contributed by atoms with Gasteiger partial charge in [-0.1, -0.05) is 6.07 Å². The highest BCUT2D eigenvalue weighted by Crippen LogP contribution is 2.30. The summed E-state index contributed by atoms with van der Waals surface area (Å²) < 4.78 is 21.2. The number of amides is 2. The van der Waals surface area contributed by atoms with E-state index in [2.05, 4.69) is 10.3 Å². The van der Waals surface area contributed by atoms with Crippen LogP contribution in [0.25, 0.3) is 5.69 Å². The number of cyclic esters (lactones) is 1. The van der Waals surface area contributed by atoms with Gasteiger partial charge in [-0.15, -0.1) is 0 Å². The fraction of sp³-hybridized carbons (Fsp3) is 0.312. The number of hydrogen-bond donors (Lipinski definition) is 2. The second kappa shape index (κ2) is 6.89. The van der Waals surface area contributed by atoms with E-state index in [1.54, 1.807) is 12.3 Å².